The molecule has 0 amide bonds. The van der Waals surface area contributed by atoms with Crippen LogP contribution in [0.15, 0.2) is 12.1 Å². The molecule has 82 valence electrons. The number of aldehydes is 1. The molecule has 0 heterocycles. The van der Waals surface area contributed by atoms with E-state index in [1.54, 1.807) is 7.11 Å². The summed E-state index contributed by atoms with van der Waals surface area (Å²) < 4.78 is 5.22. The zero-order valence-electron chi connectivity index (χ0n) is 9.05. The van der Waals surface area contributed by atoms with Gasteiger partial charge in [0, 0.05) is 6.42 Å². The molecule has 0 atom stereocenters. The van der Waals surface area contributed by atoms with Crippen molar-refractivity contribution in [2.75, 3.05) is 7.11 Å². The normalized spacial score (nSPS) is 10.1. The molecule has 0 saturated heterocycles. The van der Waals surface area contributed by atoms with E-state index >= 15 is 0 Å². The number of ether oxygens (including phenoxy) is 1. The molecular formula is C12H15ClO2. The zero-order chi connectivity index (χ0) is 11.3. The fraction of sp³-hybridized carbons (Fsp3) is 0.417. The third-order valence-electron chi connectivity index (χ3n) is 2.32. The molecule has 0 unspecified atom stereocenters. The van der Waals surface area contributed by atoms with Crippen LogP contribution in [0, 0.1) is 0 Å². The Morgan fingerprint density at radius 2 is 2.20 bits per heavy atom. The van der Waals surface area contributed by atoms with E-state index in [2.05, 4.69) is 6.92 Å². The van der Waals surface area contributed by atoms with Crippen LogP contribution in [-0.2, 0) is 17.6 Å². The van der Waals surface area contributed by atoms with Gasteiger partial charge in [0.15, 0.2) is 0 Å². The van der Waals surface area contributed by atoms with Gasteiger partial charge in [0.1, 0.15) is 12.0 Å². The van der Waals surface area contributed by atoms with Crippen molar-refractivity contribution in [2.24, 2.45) is 0 Å². The Labute approximate surface area is 95.2 Å². The number of carbonyl (C=O) groups is 1. The quantitative estimate of drug-likeness (QED) is 0.722. The second kappa shape index (κ2) is 5.76. The molecular weight excluding hydrogens is 212 g/mol. The molecule has 0 bridgehead atoms. The Bertz CT molecular complexity index is 348. The van der Waals surface area contributed by atoms with Gasteiger partial charge in [-0.2, -0.15) is 0 Å². The Morgan fingerprint density at radius 3 is 2.73 bits per heavy atom. The van der Waals surface area contributed by atoms with E-state index in [-0.39, 0.29) is 0 Å². The van der Waals surface area contributed by atoms with Crippen molar-refractivity contribution < 1.29 is 9.53 Å². The van der Waals surface area contributed by atoms with Crippen LogP contribution >= 0.6 is 11.6 Å². The van der Waals surface area contributed by atoms with Gasteiger partial charge in [-0.1, -0.05) is 24.6 Å². The highest BCUT2D eigenvalue weighted by Gasteiger charge is 2.08. The Morgan fingerprint density at radius 1 is 1.47 bits per heavy atom. The molecule has 15 heavy (non-hydrogen) atoms. The largest absolute Gasteiger partial charge is 0.495 e. The lowest BCUT2D eigenvalue weighted by atomic mass is 10.0. The van der Waals surface area contributed by atoms with E-state index in [0.717, 1.165) is 36.0 Å². The van der Waals surface area contributed by atoms with Crippen LogP contribution in [0.4, 0.5) is 0 Å². The number of methoxy groups -OCH3 is 1. The topological polar surface area (TPSA) is 26.3 Å². The Balaban J connectivity index is 3.02. The van der Waals surface area contributed by atoms with Gasteiger partial charge in [-0.25, -0.2) is 0 Å². The maximum atomic E-state index is 10.3. The maximum absolute atomic E-state index is 10.3. The summed E-state index contributed by atoms with van der Waals surface area (Å²) in [6, 6.07) is 3.91. The number of halogens is 1. The second-order valence-corrected chi connectivity index (χ2v) is 3.74. The highest BCUT2D eigenvalue weighted by atomic mass is 35.5. The molecule has 0 saturated carbocycles. The molecule has 0 aliphatic heterocycles. The fourth-order valence-electron chi connectivity index (χ4n) is 1.57. The second-order valence-electron chi connectivity index (χ2n) is 3.33. The van der Waals surface area contributed by atoms with E-state index in [1.165, 1.54) is 0 Å². The van der Waals surface area contributed by atoms with E-state index in [0.29, 0.717) is 11.4 Å². The van der Waals surface area contributed by atoms with E-state index < -0.39 is 0 Å². The number of aryl methyl sites for hydroxylation is 2. The van der Waals surface area contributed by atoms with Gasteiger partial charge in [0.05, 0.1) is 12.1 Å². The summed E-state index contributed by atoms with van der Waals surface area (Å²) in [5.74, 6) is 0.744. The van der Waals surface area contributed by atoms with Crippen LogP contribution < -0.4 is 4.74 Å². The summed E-state index contributed by atoms with van der Waals surface area (Å²) in [7, 11) is 1.62. The highest BCUT2D eigenvalue weighted by molar-refractivity contribution is 6.32. The molecule has 0 aromatic heterocycles. The lowest BCUT2D eigenvalue weighted by Gasteiger charge is -2.11. The number of hydrogen-bond acceptors (Lipinski definition) is 2. The van der Waals surface area contributed by atoms with Crippen LogP contribution in [0.5, 0.6) is 5.75 Å². The number of hydrogen-bond donors (Lipinski definition) is 0. The molecule has 0 fully saturated rings. The molecule has 1 aromatic carbocycles. The van der Waals surface area contributed by atoms with Crippen molar-refractivity contribution in [1.29, 1.82) is 0 Å². The van der Waals surface area contributed by atoms with Gasteiger partial charge in [-0.15, -0.1) is 0 Å². The number of benzene rings is 1. The van der Waals surface area contributed by atoms with Crippen molar-refractivity contribution in [3.8, 4) is 5.75 Å². The van der Waals surface area contributed by atoms with Crippen LogP contribution in [0.2, 0.25) is 5.02 Å². The number of carbonyl (C=O) groups excluding carboxylic acids is 1. The van der Waals surface area contributed by atoms with Crippen LogP contribution in [0.1, 0.15) is 24.5 Å². The highest BCUT2D eigenvalue weighted by Crippen LogP contribution is 2.30. The van der Waals surface area contributed by atoms with Crippen molar-refractivity contribution in [3.05, 3.63) is 28.3 Å². The molecule has 0 aliphatic carbocycles. The summed E-state index contributed by atoms with van der Waals surface area (Å²) >= 11 is 6.08. The maximum Gasteiger partial charge on any atom is 0.140 e. The molecule has 0 spiro atoms. The van der Waals surface area contributed by atoms with Gasteiger partial charge in [-0.05, 0) is 30.0 Å². The third-order valence-corrected chi connectivity index (χ3v) is 2.60. The first kappa shape index (κ1) is 12.1. The van der Waals surface area contributed by atoms with Crippen LogP contribution in [0.25, 0.3) is 0 Å². The Kier molecular flexibility index (Phi) is 4.63. The van der Waals surface area contributed by atoms with Gasteiger partial charge in [-0.3, -0.25) is 0 Å². The van der Waals surface area contributed by atoms with E-state index in [4.69, 9.17) is 16.3 Å². The van der Waals surface area contributed by atoms with Gasteiger partial charge >= 0.3 is 0 Å². The molecule has 0 aliphatic rings. The SMILES string of the molecule is CCc1cc(CCC=O)cc(Cl)c1OC. The van der Waals surface area contributed by atoms with Crippen molar-refractivity contribution in [3.63, 3.8) is 0 Å². The smallest absolute Gasteiger partial charge is 0.140 e. The minimum absolute atomic E-state index is 0.534. The summed E-state index contributed by atoms with van der Waals surface area (Å²) in [5, 5.41) is 0.623. The zero-order valence-corrected chi connectivity index (χ0v) is 9.80. The summed E-state index contributed by atoms with van der Waals surface area (Å²) in [6.45, 7) is 2.05. The fourth-order valence-corrected chi connectivity index (χ4v) is 1.91. The molecule has 0 N–H and O–H groups in total. The van der Waals surface area contributed by atoms with Crippen molar-refractivity contribution >= 4 is 17.9 Å². The van der Waals surface area contributed by atoms with E-state index in [9.17, 15) is 4.79 Å². The molecule has 1 aromatic rings. The summed E-state index contributed by atoms with van der Waals surface area (Å²) in [5.41, 5.74) is 2.18. The minimum atomic E-state index is 0.534. The minimum Gasteiger partial charge on any atom is -0.495 e. The van der Waals surface area contributed by atoms with Gasteiger partial charge < -0.3 is 9.53 Å². The summed E-state index contributed by atoms with van der Waals surface area (Å²) in [4.78, 5) is 10.3. The van der Waals surface area contributed by atoms with Crippen LogP contribution in [-0.4, -0.2) is 13.4 Å². The van der Waals surface area contributed by atoms with Crippen molar-refractivity contribution in [1.82, 2.24) is 0 Å². The lowest BCUT2D eigenvalue weighted by Crippen LogP contribution is -1.95. The lowest BCUT2D eigenvalue weighted by molar-refractivity contribution is -0.107. The molecule has 2 nitrogen and oxygen atoms in total. The van der Waals surface area contributed by atoms with E-state index in [1.807, 2.05) is 12.1 Å². The van der Waals surface area contributed by atoms with Gasteiger partial charge in [0.25, 0.3) is 0 Å². The first-order valence-corrected chi connectivity index (χ1v) is 5.39. The first-order chi connectivity index (χ1) is 7.22. The third kappa shape index (κ3) is 2.96. The summed E-state index contributed by atoms with van der Waals surface area (Å²) in [6.07, 6.45) is 3.06. The predicted molar refractivity (Wildman–Crippen MR) is 61.8 cm³/mol. The Hall–Kier alpha value is -1.02. The predicted octanol–water partition coefficient (Wildman–Crippen LogP) is 3.04. The molecule has 3 heteroatoms. The molecule has 0 radical (unpaired) electrons. The standard InChI is InChI=1S/C12H15ClO2/c1-3-10-7-9(5-4-6-14)8-11(13)12(10)15-2/h6-8H,3-5H2,1-2H3. The first-order valence-electron chi connectivity index (χ1n) is 5.01. The average Bonchev–Trinajstić information content (AvgIpc) is 2.25. The van der Waals surface area contributed by atoms with Crippen molar-refractivity contribution in [2.45, 2.75) is 26.2 Å². The monoisotopic (exact) mass is 226 g/mol. The average molecular weight is 227 g/mol. The van der Waals surface area contributed by atoms with Gasteiger partial charge in [0.2, 0.25) is 0 Å². The van der Waals surface area contributed by atoms with Crippen LogP contribution in [0.3, 0.4) is 0 Å². The number of rotatable bonds is 5. The molecule has 1 rings (SSSR count).